The van der Waals surface area contributed by atoms with Crippen LogP contribution in [0.25, 0.3) is 0 Å². The van der Waals surface area contributed by atoms with Gasteiger partial charge in [-0.3, -0.25) is 9.59 Å². The molecule has 21 heavy (non-hydrogen) atoms. The van der Waals surface area contributed by atoms with Crippen LogP contribution in [0.5, 0.6) is 0 Å². The normalized spacial score (nSPS) is 21.6. The van der Waals surface area contributed by atoms with Crippen molar-refractivity contribution in [2.75, 3.05) is 6.54 Å². The first-order valence-electron chi connectivity index (χ1n) is 7.60. The van der Waals surface area contributed by atoms with Crippen LogP contribution in [0.15, 0.2) is 11.4 Å². The van der Waals surface area contributed by atoms with Crippen LogP contribution < -0.4 is 5.32 Å². The summed E-state index contributed by atoms with van der Waals surface area (Å²) in [6, 6.07) is 2.06. The van der Waals surface area contributed by atoms with E-state index < -0.39 is 5.54 Å². The number of thiophene rings is 1. The quantitative estimate of drug-likeness (QED) is 0.909. The van der Waals surface area contributed by atoms with Crippen LogP contribution in [-0.2, 0) is 16.1 Å². The third kappa shape index (κ3) is 3.28. The van der Waals surface area contributed by atoms with Crippen molar-refractivity contribution in [3.05, 3.63) is 21.9 Å². The number of aryl methyl sites for hydroxylation is 1. The molecular formula is C16H24N2O2S. The molecule has 2 amide bonds. The van der Waals surface area contributed by atoms with Gasteiger partial charge in [-0.25, -0.2) is 0 Å². The van der Waals surface area contributed by atoms with Gasteiger partial charge in [-0.1, -0.05) is 6.92 Å². The number of amides is 2. The molecule has 5 heteroatoms. The van der Waals surface area contributed by atoms with Crippen molar-refractivity contribution in [1.29, 1.82) is 0 Å². The predicted molar refractivity (Wildman–Crippen MR) is 85.2 cm³/mol. The number of carbonyl (C=O) groups is 2. The molecule has 1 aliphatic rings. The van der Waals surface area contributed by atoms with E-state index in [9.17, 15) is 9.59 Å². The maximum Gasteiger partial charge on any atom is 0.245 e. The second-order valence-corrected chi connectivity index (χ2v) is 6.88. The number of likely N-dealkylation sites (tertiary alicyclic amines) is 1. The van der Waals surface area contributed by atoms with Crippen LogP contribution in [0.4, 0.5) is 0 Å². The van der Waals surface area contributed by atoms with Crippen LogP contribution >= 0.6 is 11.3 Å². The number of rotatable bonds is 5. The molecule has 1 atom stereocenters. The van der Waals surface area contributed by atoms with Gasteiger partial charge in [0.2, 0.25) is 11.8 Å². The van der Waals surface area contributed by atoms with Crippen molar-refractivity contribution in [2.45, 2.75) is 58.5 Å². The first kappa shape index (κ1) is 16.0. The van der Waals surface area contributed by atoms with Crippen molar-refractivity contribution >= 4 is 23.2 Å². The summed E-state index contributed by atoms with van der Waals surface area (Å²) in [5, 5.41) is 5.05. The zero-order valence-corrected chi connectivity index (χ0v) is 13.9. The molecule has 1 fully saturated rings. The second-order valence-electron chi connectivity index (χ2n) is 5.88. The lowest BCUT2D eigenvalue weighted by molar-refractivity contribution is -0.144. The molecule has 2 rings (SSSR count). The minimum Gasteiger partial charge on any atom is -0.349 e. The van der Waals surface area contributed by atoms with Crippen LogP contribution in [0.1, 0.15) is 50.0 Å². The van der Waals surface area contributed by atoms with E-state index in [1.807, 2.05) is 26.2 Å². The summed E-state index contributed by atoms with van der Waals surface area (Å²) in [5.74, 6) is 0.0669. The molecule has 0 aliphatic carbocycles. The molecule has 1 aliphatic heterocycles. The lowest BCUT2D eigenvalue weighted by Crippen LogP contribution is -2.55. The summed E-state index contributed by atoms with van der Waals surface area (Å²) in [4.78, 5) is 27.7. The Labute approximate surface area is 130 Å². The van der Waals surface area contributed by atoms with Crippen LogP contribution in [-0.4, -0.2) is 28.8 Å². The Morgan fingerprint density at radius 2 is 2.24 bits per heavy atom. The molecule has 0 bridgehead atoms. The lowest BCUT2D eigenvalue weighted by Gasteiger charge is -2.34. The molecule has 2 heterocycles. The molecule has 1 aromatic heterocycles. The van der Waals surface area contributed by atoms with Gasteiger partial charge in [-0.05, 0) is 50.1 Å². The average molecular weight is 308 g/mol. The number of hydrogen-bond donors (Lipinski definition) is 1. The van der Waals surface area contributed by atoms with E-state index in [2.05, 4.69) is 11.4 Å². The van der Waals surface area contributed by atoms with E-state index >= 15 is 0 Å². The minimum atomic E-state index is -0.683. The molecule has 0 aromatic carbocycles. The topological polar surface area (TPSA) is 49.4 Å². The summed E-state index contributed by atoms with van der Waals surface area (Å²) in [6.07, 6.45) is 2.99. The Hall–Kier alpha value is -1.36. The zero-order chi connectivity index (χ0) is 15.5. The van der Waals surface area contributed by atoms with Crippen molar-refractivity contribution in [1.82, 2.24) is 10.2 Å². The van der Waals surface area contributed by atoms with Gasteiger partial charge >= 0.3 is 0 Å². The third-order valence-electron chi connectivity index (χ3n) is 4.27. The highest BCUT2D eigenvalue weighted by molar-refractivity contribution is 7.10. The molecule has 1 unspecified atom stereocenters. The molecule has 4 nitrogen and oxygen atoms in total. The summed E-state index contributed by atoms with van der Waals surface area (Å²) >= 11 is 1.65. The smallest absolute Gasteiger partial charge is 0.245 e. The Balaban J connectivity index is 2.02. The summed E-state index contributed by atoms with van der Waals surface area (Å²) in [6.45, 7) is 7.18. The van der Waals surface area contributed by atoms with Gasteiger partial charge in [0, 0.05) is 17.8 Å². The Kier molecular flexibility index (Phi) is 5.04. The average Bonchev–Trinajstić information content (AvgIpc) is 3.03. The van der Waals surface area contributed by atoms with E-state index in [0.717, 1.165) is 19.3 Å². The molecule has 1 N–H and O–H groups in total. The van der Waals surface area contributed by atoms with Crippen molar-refractivity contribution in [3.8, 4) is 0 Å². The molecule has 0 saturated carbocycles. The van der Waals surface area contributed by atoms with E-state index in [0.29, 0.717) is 19.5 Å². The van der Waals surface area contributed by atoms with Gasteiger partial charge < -0.3 is 10.2 Å². The van der Waals surface area contributed by atoms with Gasteiger partial charge in [0.15, 0.2) is 0 Å². The highest BCUT2D eigenvalue weighted by Crippen LogP contribution is 2.30. The third-order valence-corrected chi connectivity index (χ3v) is 5.30. The highest BCUT2D eigenvalue weighted by atomic mass is 32.1. The van der Waals surface area contributed by atoms with Gasteiger partial charge in [-0.15, -0.1) is 11.3 Å². The van der Waals surface area contributed by atoms with E-state index in [1.54, 1.807) is 16.2 Å². The summed E-state index contributed by atoms with van der Waals surface area (Å²) < 4.78 is 0. The fraction of sp³-hybridized carbons (Fsp3) is 0.625. The minimum absolute atomic E-state index is 0.0303. The van der Waals surface area contributed by atoms with E-state index in [1.165, 1.54) is 10.4 Å². The first-order chi connectivity index (χ1) is 9.99. The van der Waals surface area contributed by atoms with Gasteiger partial charge in [-0.2, -0.15) is 0 Å². The Bertz CT molecular complexity index is 526. The molecular weight excluding hydrogens is 284 g/mol. The van der Waals surface area contributed by atoms with Gasteiger partial charge in [0.1, 0.15) is 5.54 Å². The van der Waals surface area contributed by atoms with E-state index in [-0.39, 0.29) is 11.8 Å². The molecule has 1 aromatic rings. The van der Waals surface area contributed by atoms with Crippen molar-refractivity contribution in [2.24, 2.45) is 0 Å². The zero-order valence-electron chi connectivity index (χ0n) is 13.1. The van der Waals surface area contributed by atoms with Crippen molar-refractivity contribution in [3.63, 3.8) is 0 Å². The number of nitrogens with zero attached hydrogens (tertiary/aromatic N) is 1. The standard InChI is InChI=1S/C16H24N2O2S/c1-4-6-14(19)18-9-5-8-16(18,3)15(20)17-11-13-12(2)7-10-21-13/h7,10H,4-6,8-9,11H2,1-3H3,(H,17,20). The fourth-order valence-electron chi connectivity index (χ4n) is 2.88. The molecule has 0 radical (unpaired) electrons. The predicted octanol–water partition coefficient (Wildman–Crippen LogP) is 2.85. The van der Waals surface area contributed by atoms with Crippen molar-refractivity contribution < 1.29 is 9.59 Å². The molecule has 1 saturated heterocycles. The van der Waals surface area contributed by atoms with Crippen LogP contribution in [0.3, 0.4) is 0 Å². The SMILES string of the molecule is CCCC(=O)N1CCCC1(C)C(=O)NCc1sccc1C. The van der Waals surface area contributed by atoms with Crippen LogP contribution in [0.2, 0.25) is 0 Å². The second kappa shape index (κ2) is 6.60. The fourth-order valence-corrected chi connectivity index (χ4v) is 3.73. The van der Waals surface area contributed by atoms with Gasteiger partial charge in [0.25, 0.3) is 0 Å². The monoisotopic (exact) mass is 308 g/mol. The first-order valence-corrected chi connectivity index (χ1v) is 8.48. The van der Waals surface area contributed by atoms with Crippen LogP contribution in [0, 0.1) is 6.92 Å². The maximum absolute atomic E-state index is 12.6. The number of hydrogen-bond acceptors (Lipinski definition) is 3. The highest BCUT2D eigenvalue weighted by Gasteiger charge is 2.45. The van der Waals surface area contributed by atoms with E-state index in [4.69, 9.17) is 0 Å². The Morgan fingerprint density at radius 1 is 1.48 bits per heavy atom. The summed E-state index contributed by atoms with van der Waals surface area (Å²) in [5.41, 5.74) is 0.521. The molecule has 0 spiro atoms. The summed E-state index contributed by atoms with van der Waals surface area (Å²) in [7, 11) is 0. The lowest BCUT2D eigenvalue weighted by atomic mass is 9.97. The number of carbonyl (C=O) groups excluding carboxylic acids is 2. The van der Waals surface area contributed by atoms with Gasteiger partial charge in [0.05, 0.1) is 6.54 Å². The number of nitrogens with one attached hydrogen (secondary N) is 1. The molecule has 116 valence electrons. The maximum atomic E-state index is 12.6. The Morgan fingerprint density at radius 3 is 2.86 bits per heavy atom. The largest absolute Gasteiger partial charge is 0.349 e.